The monoisotopic (exact) mass is 305 g/mol. The van der Waals surface area contributed by atoms with Gasteiger partial charge in [-0.25, -0.2) is 0 Å². The van der Waals surface area contributed by atoms with Crippen LogP contribution in [0.2, 0.25) is 10.0 Å². The van der Waals surface area contributed by atoms with Crippen molar-refractivity contribution < 1.29 is 0 Å². The third-order valence-corrected chi connectivity index (χ3v) is 3.95. The molecule has 0 N–H and O–H groups in total. The standard InChI is InChI=1S/C15H9Cl2NS/c1-10(9-18)14-6-5-12(17)8-15(14)19-13-4-2-3-11(16)7-13/h2-8H,1H2. The molecule has 0 heterocycles. The number of rotatable bonds is 3. The maximum Gasteiger partial charge on any atom is 0.0992 e. The molecule has 0 aromatic heterocycles. The molecule has 4 heteroatoms. The van der Waals surface area contributed by atoms with Crippen molar-refractivity contribution in [3.8, 4) is 6.07 Å². The van der Waals surface area contributed by atoms with Crippen LogP contribution in [-0.4, -0.2) is 0 Å². The molecular formula is C15H9Cl2NS. The van der Waals surface area contributed by atoms with Gasteiger partial charge in [0.15, 0.2) is 0 Å². The van der Waals surface area contributed by atoms with E-state index in [0.29, 0.717) is 15.6 Å². The molecule has 2 aromatic carbocycles. The van der Waals surface area contributed by atoms with Gasteiger partial charge in [-0.2, -0.15) is 5.26 Å². The molecule has 0 aliphatic heterocycles. The van der Waals surface area contributed by atoms with Gasteiger partial charge in [-0.05, 0) is 30.3 Å². The van der Waals surface area contributed by atoms with E-state index in [4.69, 9.17) is 28.5 Å². The summed E-state index contributed by atoms with van der Waals surface area (Å²) in [6.07, 6.45) is 0. The Kier molecular flexibility index (Phi) is 4.55. The topological polar surface area (TPSA) is 23.8 Å². The predicted octanol–water partition coefficient (Wildman–Crippen LogP) is 5.68. The van der Waals surface area contributed by atoms with Crippen LogP contribution in [0.15, 0.2) is 58.8 Å². The summed E-state index contributed by atoms with van der Waals surface area (Å²) in [4.78, 5) is 1.88. The van der Waals surface area contributed by atoms with Crippen molar-refractivity contribution in [2.24, 2.45) is 0 Å². The number of nitriles is 1. The molecule has 2 rings (SSSR count). The average molecular weight is 306 g/mol. The highest BCUT2D eigenvalue weighted by Gasteiger charge is 2.08. The summed E-state index contributed by atoms with van der Waals surface area (Å²) in [7, 11) is 0. The predicted molar refractivity (Wildman–Crippen MR) is 81.7 cm³/mol. The molecule has 0 aliphatic carbocycles. The maximum absolute atomic E-state index is 8.98. The minimum atomic E-state index is 0.418. The van der Waals surface area contributed by atoms with E-state index in [0.717, 1.165) is 15.4 Å². The minimum Gasteiger partial charge on any atom is -0.192 e. The van der Waals surface area contributed by atoms with E-state index in [1.165, 1.54) is 11.8 Å². The Bertz CT molecular complexity index is 674. The number of nitrogens with zero attached hydrogens (tertiary/aromatic N) is 1. The van der Waals surface area contributed by atoms with Crippen molar-refractivity contribution in [2.75, 3.05) is 0 Å². The Morgan fingerprint density at radius 1 is 1.11 bits per heavy atom. The van der Waals surface area contributed by atoms with Gasteiger partial charge >= 0.3 is 0 Å². The van der Waals surface area contributed by atoms with Gasteiger partial charge in [-0.15, -0.1) is 0 Å². The molecular weight excluding hydrogens is 297 g/mol. The summed E-state index contributed by atoms with van der Waals surface area (Å²) < 4.78 is 0. The zero-order valence-electron chi connectivity index (χ0n) is 9.86. The van der Waals surface area contributed by atoms with E-state index in [1.54, 1.807) is 12.1 Å². The molecule has 0 saturated heterocycles. The van der Waals surface area contributed by atoms with Crippen LogP contribution in [0.1, 0.15) is 5.56 Å². The Morgan fingerprint density at radius 2 is 1.84 bits per heavy atom. The normalized spacial score (nSPS) is 9.95. The number of halogens is 2. The van der Waals surface area contributed by atoms with Crippen molar-refractivity contribution in [3.63, 3.8) is 0 Å². The summed E-state index contributed by atoms with van der Waals surface area (Å²) in [5.74, 6) is 0. The highest BCUT2D eigenvalue weighted by Crippen LogP contribution is 2.35. The molecule has 2 aromatic rings. The van der Waals surface area contributed by atoms with Crippen LogP contribution < -0.4 is 0 Å². The lowest BCUT2D eigenvalue weighted by Gasteiger charge is -2.08. The van der Waals surface area contributed by atoms with E-state index in [-0.39, 0.29) is 0 Å². The lowest BCUT2D eigenvalue weighted by atomic mass is 10.1. The second-order valence-electron chi connectivity index (χ2n) is 3.79. The van der Waals surface area contributed by atoms with E-state index < -0.39 is 0 Å². The zero-order valence-corrected chi connectivity index (χ0v) is 12.2. The van der Waals surface area contributed by atoms with Crippen molar-refractivity contribution >= 4 is 40.5 Å². The van der Waals surface area contributed by atoms with Gasteiger partial charge < -0.3 is 0 Å². The molecule has 94 valence electrons. The Morgan fingerprint density at radius 3 is 2.53 bits per heavy atom. The van der Waals surface area contributed by atoms with Crippen LogP contribution in [0.5, 0.6) is 0 Å². The Labute approximate surface area is 126 Å². The fraction of sp³-hybridized carbons (Fsp3) is 0. The highest BCUT2D eigenvalue weighted by atomic mass is 35.5. The molecule has 1 nitrogen and oxygen atoms in total. The van der Waals surface area contributed by atoms with Crippen molar-refractivity contribution in [2.45, 2.75) is 9.79 Å². The molecule has 0 bridgehead atoms. The summed E-state index contributed by atoms with van der Waals surface area (Å²) in [5.41, 5.74) is 1.21. The van der Waals surface area contributed by atoms with Crippen LogP contribution in [-0.2, 0) is 0 Å². The van der Waals surface area contributed by atoms with Gasteiger partial charge in [0.1, 0.15) is 0 Å². The lowest BCUT2D eigenvalue weighted by Crippen LogP contribution is -1.85. The lowest BCUT2D eigenvalue weighted by molar-refractivity contribution is 1.37. The first-order chi connectivity index (χ1) is 9.10. The van der Waals surface area contributed by atoms with E-state index >= 15 is 0 Å². The Hall–Kier alpha value is -1.40. The van der Waals surface area contributed by atoms with E-state index in [9.17, 15) is 0 Å². The number of hydrogen-bond donors (Lipinski definition) is 0. The van der Waals surface area contributed by atoms with Crippen LogP contribution >= 0.6 is 35.0 Å². The third-order valence-electron chi connectivity index (χ3n) is 2.43. The van der Waals surface area contributed by atoms with Gasteiger partial charge in [-0.1, -0.05) is 53.7 Å². The summed E-state index contributed by atoms with van der Waals surface area (Å²) >= 11 is 13.5. The Balaban J connectivity index is 2.41. The van der Waals surface area contributed by atoms with E-state index in [1.807, 2.05) is 30.3 Å². The number of hydrogen-bond acceptors (Lipinski definition) is 2. The van der Waals surface area contributed by atoms with Gasteiger partial charge in [0.05, 0.1) is 11.6 Å². The second-order valence-corrected chi connectivity index (χ2v) is 5.78. The van der Waals surface area contributed by atoms with Crippen LogP contribution in [0, 0.1) is 11.3 Å². The van der Waals surface area contributed by atoms with E-state index in [2.05, 4.69) is 12.6 Å². The van der Waals surface area contributed by atoms with Gasteiger partial charge in [0, 0.05) is 25.4 Å². The molecule has 0 aliphatic rings. The average Bonchev–Trinajstić information content (AvgIpc) is 2.38. The first kappa shape index (κ1) is 14.0. The fourth-order valence-electron chi connectivity index (χ4n) is 1.55. The van der Waals surface area contributed by atoms with Crippen LogP contribution in [0.4, 0.5) is 0 Å². The van der Waals surface area contributed by atoms with Gasteiger partial charge in [-0.3, -0.25) is 0 Å². The molecule has 0 spiro atoms. The molecule has 0 amide bonds. The van der Waals surface area contributed by atoms with Crippen molar-refractivity contribution in [1.29, 1.82) is 5.26 Å². The minimum absolute atomic E-state index is 0.418. The highest BCUT2D eigenvalue weighted by molar-refractivity contribution is 7.99. The van der Waals surface area contributed by atoms with Crippen molar-refractivity contribution in [3.05, 3.63) is 64.7 Å². The second kappa shape index (κ2) is 6.16. The molecule has 0 atom stereocenters. The van der Waals surface area contributed by atoms with Gasteiger partial charge in [0.2, 0.25) is 0 Å². The first-order valence-corrected chi connectivity index (χ1v) is 7.00. The first-order valence-electron chi connectivity index (χ1n) is 5.42. The van der Waals surface area contributed by atoms with Crippen molar-refractivity contribution in [1.82, 2.24) is 0 Å². The smallest absolute Gasteiger partial charge is 0.0992 e. The molecule has 0 radical (unpaired) electrons. The molecule has 0 fully saturated rings. The third kappa shape index (κ3) is 3.54. The number of allylic oxidation sites excluding steroid dienone is 1. The maximum atomic E-state index is 8.98. The quantitative estimate of drug-likeness (QED) is 0.681. The summed E-state index contributed by atoms with van der Waals surface area (Å²) in [5, 5.41) is 10.3. The zero-order chi connectivity index (χ0) is 13.8. The summed E-state index contributed by atoms with van der Waals surface area (Å²) in [6.45, 7) is 3.75. The van der Waals surface area contributed by atoms with Crippen LogP contribution in [0.25, 0.3) is 5.57 Å². The SMILES string of the molecule is C=C(C#N)c1ccc(Cl)cc1Sc1cccc(Cl)c1. The molecule has 0 unspecified atom stereocenters. The molecule has 0 saturated carbocycles. The fourth-order valence-corrected chi connectivity index (χ4v) is 3.11. The number of benzene rings is 2. The van der Waals surface area contributed by atoms with Crippen LogP contribution in [0.3, 0.4) is 0 Å². The largest absolute Gasteiger partial charge is 0.192 e. The molecule has 19 heavy (non-hydrogen) atoms. The van der Waals surface area contributed by atoms with Gasteiger partial charge in [0.25, 0.3) is 0 Å². The summed E-state index contributed by atoms with van der Waals surface area (Å²) in [6, 6.07) is 15.0.